The summed E-state index contributed by atoms with van der Waals surface area (Å²) in [6, 6.07) is 2.58. The highest BCUT2D eigenvalue weighted by Gasteiger charge is 2.32. The van der Waals surface area contributed by atoms with Gasteiger partial charge in [-0.1, -0.05) is 0 Å². The minimum absolute atomic E-state index is 0.189. The van der Waals surface area contributed by atoms with E-state index in [0.717, 1.165) is 12.8 Å². The molecular weight excluding hydrogens is 202 g/mol. The zero-order chi connectivity index (χ0) is 11.3. The Bertz CT molecular complexity index is 238. The molecule has 0 aromatic carbocycles. The highest BCUT2D eigenvalue weighted by atomic mass is 19.3. The van der Waals surface area contributed by atoms with Crippen molar-refractivity contribution in [3.63, 3.8) is 0 Å². The number of ether oxygens (including phenoxy) is 1. The van der Waals surface area contributed by atoms with Gasteiger partial charge in [0, 0.05) is 19.1 Å². The van der Waals surface area contributed by atoms with Crippen LogP contribution in [0.1, 0.15) is 26.2 Å². The molecule has 1 aliphatic carbocycles. The third-order valence-corrected chi connectivity index (χ3v) is 2.34. The van der Waals surface area contributed by atoms with Crippen LogP contribution >= 0.6 is 0 Å². The molecule has 86 valence electrons. The van der Waals surface area contributed by atoms with E-state index in [0.29, 0.717) is 12.5 Å². The Morgan fingerprint density at radius 1 is 1.60 bits per heavy atom. The molecule has 0 radical (unpaired) electrons. The molecule has 5 heteroatoms. The maximum atomic E-state index is 11.8. The topological polar surface area (TPSA) is 45.0 Å². The van der Waals surface area contributed by atoms with Crippen molar-refractivity contribution in [1.82, 2.24) is 5.32 Å². The van der Waals surface area contributed by atoms with Gasteiger partial charge in [-0.2, -0.15) is 5.26 Å². The van der Waals surface area contributed by atoms with E-state index in [4.69, 9.17) is 10.00 Å². The van der Waals surface area contributed by atoms with Crippen molar-refractivity contribution in [2.24, 2.45) is 0 Å². The summed E-state index contributed by atoms with van der Waals surface area (Å²) in [5, 5.41) is 12.1. The summed E-state index contributed by atoms with van der Waals surface area (Å²) in [5.41, 5.74) is -0.650. The van der Waals surface area contributed by atoms with E-state index in [1.54, 1.807) is 6.92 Å². The Morgan fingerprint density at radius 2 is 2.27 bits per heavy atom. The first-order chi connectivity index (χ1) is 7.06. The van der Waals surface area contributed by atoms with Crippen LogP contribution in [-0.2, 0) is 4.74 Å². The predicted octanol–water partition coefficient (Wildman–Crippen LogP) is 1.69. The van der Waals surface area contributed by atoms with Crippen LogP contribution in [0.4, 0.5) is 8.78 Å². The van der Waals surface area contributed by atoms with Gasteiger partial charge in [0.25, 0.3) is 6.43 Å². The summed E-state index contributed by atoms with van der Waals surface area (Å²) >= 11 is 0. The number of alkyl halides is 2. The van der Waals surface area contributed by atoms with Gasteiger partial charge in [0.05, 0.1) is 6.07 Å². The smallest absolute Gasteiger partial charge is 0.261 e. The van der Waals surface area contributed by atoms with Crippen LogP contribution in [0.15, 0.2) is 0 Å². The van der Waals surface area contributed by atoms with Gasteiger partial charge >= 0.3 is 0 Å². The van der Waals surface area contributed by atoms with Gasteiger partial charge in [-0.15, -0.1) is 0 Å². The zero-order valence-electron chi connectivity index (χ0n) is 8.80. The molecule has 0 spiro atoms. The molecule has 3 nitrogen and oxygen atoms in total. The van der Waals surface area contributed by atoms with Crippen LogP contribution in [0.2, 0.25) is 0 Å². The summed E-state index contributed by atoms with van der Waals surface area (Å²) in [6.45, 7) is 1.41. The number of hydrogen-bond donors (Lipinski definition) is 1. The van der Waals surface area contributed by atoms with Gasteiger partial charge in [-0.05, 0) is 19.8 Å². The fraction of sp³-hybridized carbons (Fsp3) is 0.900. The molecule has 1 aliphatic rings. The van der Waals surface area contributed by atoms with Crippen molar-refractivity contribution in [2.75, 3.05) is 13.2 Å². The highest BCUT2D eigenvalue weighted by Crippen LogP contribution is 2.23. The summed E-state index contributed by atoms with van der Waals surface area (Å²) in [4.78, 5) is 0. The standard InChI is InChI=1S/C10H16F2N2O/c1-10(7-13,14-8-2-3-8)4-5-15-6-9(11)12/h8-9,14H,2-6H2,1H3. The van der Waals surface area contributed by atoms with E-state index in [-0.39, 0.29) is 6.61 Å². The molecule has 1 saturated carbocycles. The number of halogens is 2. The summed E-state index contributed by atoms with van der Waals surface area (Å²) in [7, 11) is 0. The molecule has 1 unspecified atom stereocenters. The SMILES string of the molecule is CC(C#N)(CCOCC(F)F)NC1CC1. The number of hydrogen-bond acceptors (Lipinski definition) is 3. The van der Waals surface area contributed by atoms with E-state index in [9.17, 15) is 8.78 Å². The molecular formula is C10H16F2N2O. The van der Waals surface area contributed by atoms with Crippen LogP contribution in [0.3, 0.4) is 0 Å². The average Bonchev–Trinajstić information content (AvgIpc) is 2.96. The van der Waals surface area contributed by atoms with Gasteiger partial charge in [0.15, 0.2) is 0 Å². The molecule has 0 saturated heterocycles. The number of nitrogens with one attached hydrogen (secondary N) is 1. The monoisotopic (exact) mass is 218 g/mol. The number of nitriles is 1. The Morgan fingerprint density at radius 3 is 2.73 bits per heavy atom. The van der Waals surface area contributed by atoms with Crippen LogP contribution in [-0.4, -0.2) is 31.2 Å². The lowest BCUT2D eigenvalue weighted by atomic mass is 10.0. The van der Waals surface area contributed by atoms with Crippen molar-refractivity contribution < 1.29 is 13.5 Å². The first kappa shape index (κ1) is 12.3. The Labute approximate surface area is 88.4 Å². The van der Waals surface area contributed by atoms with Gasteiger partial charge in [0.1, 0.15) is 12.1 Å². The second-order valence-electron chi connectivity index (χ2n) is 4.08. The summed E-state index contributed by atoms with van der Waals surface area (Å²) in [6.07, 6.45) is 0.187. The lowest BCUT2D eigenvalue weighted by Gasteiger charge is -2.22. The molecule has 0 bridgehead atoms. The largest absolute Gasteiger partial charge is 0.375 e. The predicted molar refractivity (Wildman–Crippen MR) is 51.6 cm³/mol. The van der Waals surface area contributed by atoms with Gasteiger partial charge in [-0.3, -0.25) is 5.32 Å². The second-order valence-corrected chi connectivity index (χ2v) is 4.08. The van der Waals surface area contributed by atoms with Crippen molar-refractivity contribution in [3.05, 3.63) is 0 Å². The van der Waals surface area contributed by atoms with Crippen LogP contribution < -0.4 is 5.32 Å². The molecule has 0 heterocycles. The minimum atomic E-state index is -2.44. The van der Waals surface area contributed by atoms with Crippen molar-refractivity contribution in [1.29, 1.82) is 5.26 Å². The fourth-order valence-electron chi connectivity index (χ4n) is 1.29. The second kappa shape index (κ2) is 5.38. The van der Waals surface area contributed by atoms with Gasteiger partial charge < -0.3 is 4.74 Å². The Kier molecular flexibility index (Phi) is 4.43. The third kappa shape index (κ3) is 5.05. The van der Waals surface area contributed by atoms with Crippen molar-refractivity contribution in [2.45, 2.75) is 44.2 Å². The first-order valence-corrected chi connectivity index (χ1v) is 5.10. The highest BCUT2D eigenvalue weighted by molar-refractivity contribution is 5.06. The fourth-order valence-corrected chi connectivity index (χ4v) is 1.29. The molecule has 0 amide bonds. The molecule has 1 N–H and O–H groups in total. The number of rotatable bonds is 7. The quantitative estimate of drug-likeness (QED) is 0.661. The van der Waals surface area contributed by atoms with Crippen LogP contribution in [0.5, 0.6) is 0 Å². The van der Waals surface area contributed by atoms with E-state index in [2.05, 4.69) is 11.4 Å². The lowest BCUT2D eigenvalue weighted by Crippen LogP contribution is -2.43. The summed E-state index contributed by atoms with van der Waals surface area (Å²) in [5.74, 6) is 0. The number of nitrogens with zero attached hydrogens (tertiary/aromatic N) is 1. The van der Waals surface area contributed by atoms with Gasteiger partial charge in [-0.25, -0.2) is 8.78 Å². The minimum Gasteiger partial charge on any atom is -0.375 e. The van der Waals surface area contributed by atoms with E-state index >= 15 is 0 Å². The molecule has 15 heavy (non-hydrogen) atoms. The van der Waals surface area contributed by atoms with Crippen molar-refractivity contribution >= 4 is 0 Å². The molecule has 1 atom stereocenters. The Hall–Kier alpha value is -0.730. The molecule has 0 aromatic rings. The van der Waals surface area contributed by atoms with Crippen LogP contribution in [0.25, 0.3) is 0 Å². The van der Waals surface area contributed by atoms with Crippen LogP contribution in [0, 0.1) is 11.3 Å². The first-order valence-electron chi connectivity index (χ1n) is 5.10. The summed E-state index contributed by atoms with van der Waals surface area (Å²) < 4.78 is 28.3. The van der Waals surface area contributed by atoms with E-state index in [1.165, 1.54) is 0 Å². The molecule has 1 rings (SSSR count). The molecule has 0 aromatic heterocycles. The average molecular weight is 218 g/mol. The van der Waals surface area contributed by atoms with Crippen molar-refractivity contribution in [3.8, 4) is 6.07 Å². The normalized spacial score (nSPS) is 19.9. The third-order valence-electron chi connectivity index (χ3n) is 2.34. The lowest BCUT2D eigenvalue weighted by molar-refractivity contribution is 0.0126. The Balaban J connectivity index is 2.17. The maximum absolute atomic E-state index is 11.8. The zero-order valence-corrected chi connectivity index (χ0v) is 8.80. The molecule has 1 fully saturated rings. The van der Waals surface area contributed by atoms with E-state index in [1.807, 2.05) is 0 Å². The van der Waals surface area contributed by atoms with E-state index < -0.39 is 18.6 Å². The molecule has 0 aliphatic heterocycles. The maximum Gasteiger partial charge on any atom is 0.261 e. The van der Waals surface area contributed by atoms with Gasteiger partial charge in [0.2, 0.25) is 0 Å².